The number of aromatic nitrogens is 4. The van der Waals surface area contributed by atoms with E-state index in [9.17, 15) is 9.18 Å². The van der Waals surface area contributed by atoms with E-state index in [1.165, 1.54) is 44.2 Å². The lowest BCUT2D eigenvalue weighted by molar-refractivity contribution is 0.168. The zero-order chi connectivity index (χ0) is 24.5. The predicted octanol–water partition coefficient (Wildman–Crippen LogP) is 4.19. The Labute approximate surface area is 205 Å². The normalized spacial score (nSPS) is 17.3. The van der Waals surface area contributed by atoms with Crippen LogP contribution in [0.2, 0.25) is 0 Å². The third-order valence-electron chi connectivity index (χ3n) is 7.23. The van der Waals surface area contributed by atoms with Gasteiger partial charge in [-0.2, -0.15) is 5.10 Å². The van der Waals surface area contributed by atoms with Crippen LogP contribution in [0.25, 0.3) is 16.7 Å². The molecule has 2 aliphatic rings. The summed E-state index contributed by atoms with van der Waals surface area (Å²) in [6.07, 6.45) is 7.16. The van der Waals surface area contributed by atoms with Gasteiger partial charge in [0.25, 0.3) is 0 Å². The number of hydrogen-bond donors (Lipinski definition) is 0. The molecule has 186 valence electrons. The number of rotatable bonds is 4. The second-order valence-corrected chi connectivity index (χ2v) is 9.99. The minimum absolute atomic E-state index is 0.0378. The first-order chi connectivity index (χ1) is 16.9. The molecule has 2 amide bonds. The first-order valence-corrected chi connectivity index (χ1v) is 12.6. The zero-order valence-corrected chi connectivity index (χ0v) is 20.9. The van der Waals surface area contributed by atoms with Crippen LogP contribution < -0.4 is 4.90 Å². The smallest absolute Gasteiger partial charge is 0.319 e. The fraction of sp³-hybridized carbons (Fsp3) is 0.538. The molecule has 0 bridgehead atoms. The average Bonchev–Trinajstić information content (AvgIpc) is 3.20. The summed E-state index contributed by atoms with van der Waals surface area (Å²) in [6.45, 7) is 4.67. The van der Waals surface area contributed by atoms with Gasteiger partial charge in [-0.1, -0.05) is 32.1 Å². The molecular formula is C26H34FN7O. The van der Waals surface area contributed by atoms with Crippen molar-refractivity contribution in [2.24, 2.45) is 5.92 Å². The van der Waals surface area contributed by atoms with E-state index in [-0.39, 0.29) is 11.8 Å². The summed E-state index contributed by atoms with van der Waals surface area (Å²) in [4.78, 5) is 28.3. The number of halogens is 1. The average molecular weight is 480 g/mol. The third-order valence-corrected chi connectivity index (χ3v) is 7.23. The lowest BCUT2D eigenvalue weighted by Crippen LogP contribution is -2.51. The van der Waals surface area contributed by atoms with E-state index >= 15 is 0 Å². The van der Waals surface area contributed by atoms with Crippen molar-refractivity contribution in [2.45, 2.75) is 45.4 Å². The Kier molecular flexibility index (Phi) is 6.58. The molecule has 1 aliphatic carbocycles. The van der Waals surface area contributed by atoms with Crippen molar-refractivity contribution < 1.29 is 9.18 Å². The maximum Gasteiger partial charge on any atom is 0.319 e. The van der Waals surface area contributed by atoms with Crippen molar-refractivity contribution in [1.29, 1.82) is 0 Å². The number of aryl methyl sites for hydroxylation is 1. The summed E-state index contributed by atoms with van der Waals surface area (Å²) >= 11 is 0. The van der Waals surface area contributed by atoms with E-state index in [0.717, 1.165) is 40.5 Å². The summed E-state index contributed by atoms with van der Waals surface area (Å²) in [5, 5.41) is 5.72. The highest BCUT2D eigenvalue weighted by Crippen LogP contribution is 2.32. The van der Waals surface area contributed by atoms with Gasteiger partial charge in [-0.3, -0.25) is 0 Å². The standard InChI is InChI=1S/C26H34FN7O/c1-18-23-24(32-13-15-33(16-14-32)26(35)31(2)3)28-22(17-19-7-5-4-6-8-19)29-25(23)34(30-18)21-11-9-20(27)10-12-21/h9-12,19H,4-8,13-17H2,1-3H3. The van der Waals surface area contributed by atoms with E-state index in [1.54, 1.807) is 31.1 Å². The van der Waals surface area contributed by atoms with Gasteiger partial charge in [-0.25, -0.2) is 23.8 Å². The highest BCUT2D eigenvalue weighted by Gasteiger charge is 2.27. The number of carbonyl (C=O) groups is 1. The molecule has 8 nitrogen and oxygen atoms in total. The topological polar surface area (TPSA) is 70.4 Å². The van der Waals surface area contributed by atoms with Crippen LogP contribution in [0.4, 0.5) is 15.0 Å². The minimum atomic E-state index is -0.277. The van der Waals surface area contributed by atoms with Gasteiger partial charge in [0.1, 0.15) is 17.5 Å². The second kappa shape index (κ2) is 9.79. The van der Waals surface area contributed by atoms with Crippen molar-refractivity contribution in [3.8, 4) is 5.69 Å². The third kappa shape index (κ3) is 4.81. The molecule has 9 heteroatoms. The second-order valence-electron chi connectivity index (χ2n) is 9.99. The summed E-state index contributed by atoms with van der Waals surface area (Å²) in [5.74, 6) is 2.06. The summed E-state index contributed by atoms with van der Waals surface area (Å²) in [6, 6.07) is 6.40. The zero-order valence-electron chi connectivity index (χ0n) is 20.9. The molecule has 1 aliphatic heterocycles. The predicted molar refractivity (Wildman–Crippen MR) is 135 cm³/mol. The number of anilines is 1. The number of urea groups is 1. The molecule has 0 N–H and O–H groups in total. The van der Waals surface area contributed by atoms with E-state index in [2.05, 4.69) is 4.90 Å². The van der Waals surface area contributed by atoms with Gasteiger partial charge in [0.15, 0.2) is 5.65 Å². The molecule has 3 heterocycles. The maximum absolute atomic E-state index is 13.6. The highest BCUT2D eigenvalue weighted by molar-refractivity contribution is 5.91. The maximum atomic E-state index is 13.6. The fourth-order valence-electron chi connectivity index (χ4n) is 5.33. The van der Waals surface area contributed by atoms with Crippen molar-refractivity contribution in [3.05, 3.63) is 41.6 Å². The molecule has 0 spiro atoms. The van der Waals surface area contributed by atoms with E-state index < -0.39 is 0 Å². The number of carbonyl (C=O) groups excluding carboxylic acids is 1. The molecule has 2 fully saturated rings. The molecule has 2 aromatic heterocycles. The summed E-state index contributed by atoms with van der Waals surface area (Å²) in [5.41, 5.74) is 2.38. The molecule has 1 saturated heterocycles. The van der Waals surface area contributed by atoms with Crippen molar-refractivity contribution in [2.75, 3.05) is 45.2 Å². The largest absolute Gasteiger partial charge is 0.352 e. The van der Waals surface area contributed by atoms with Crippen LogP contribution in [0.1, 0.15) is 43.6 Å². The monoisotopic (exact) mass is 479 g/mol. The van der Waals surface area contributed by atoms with Gasteiger partial charge in [0, 0.05) is 46.7 Å². The molecule has 0 unspecified atom stereocenters. The van der Waals surface area contributed by atoms with Gasteiger partial charge in [0.2, 0.25) is 0 Å². The van der Waals surface area contributed by atoms with Crippen molar-refractivity contribution in [1.82, 2.24) is 29.5 Å². The molecule has 3 aromatic rings. The molecule has 1 aromatic carbocycles. The van der Waals surface area contributed by atoms with E-state index in [1.807, 2.05) is 16.5 Å². The summed E-state index contributed by atoms with van der Waals surface area (Å²) in [7, 11) is 3.57. The Morgan fingerprint density at radius 3 is 2.37 bits per heavy atom. The van der Waals surface area contributed by atoms with Crippen LogP contribution in [0, 0.1) is 18.7 Å². The number of fused-ring (bicyclic) bond motifs is 1. The van der Waals surface area contributed by atoms with Crippen LogP contribution in [-0.2, 0) is 6.42 Å². The molecule has 35 heavy (non-hydrogen) atoms. The van der Waals surface area contributed by atoms with Crippen LogP contribution in [0.3, 0.4) is 0 Å². The van der Waals surface area contributed by atoms with E-state index in [4.69, 9.17) is 15.1 Å². The minimum Gasteiger partial charge on any atom is -0.352 e. The first-order valence-electron chi connectivity index (χ1n) is 12.6. The Morgan fingerprint density at radius 2 is 1.71 bits per heavy atom. The summed E-state index contributed by atoms with van der Waals surface area (Å²) < 4.78 is 15.4. The highest BCUT2D eigenvalue weighted by atomic mass is 19.1. The molecule has 0 atom stereocenters. The van der Waals surface area contributed by atoms with Crippen molar-refractivity contribution in [3.63, 3.8) is 0 Å². The SMILES string of the molecule is Cc1nn(-c2ccc(F)cc2)c2nc(CC3CCCCC3)nc(N3CCN(C(=O)N(C)C)CC3)c12. The Hall–Kier alpha value is -3.23. The van der Waals surface area contributed by atoms with Gasteiger partial charge >= 0.3 is 6.03 Å². The first kappa shape index (κ1) is 23.5. The lowest BCUT2D eigenvalue weighted by atomic mass is 9.87. The Bertz CT molecular complexity index is 1190. The van der Waals surface area contributed by atoms with Gasteiger partial charge in [-0.05, 0) is 37.1 Å². The van der Waals surface area contributed by atoms with Crippen LogP contribution >= 0.6 is 0 Å². The lowest BCUT2D eigenvalue weighted by Gasteiger charge is -2.36. The Balaban J connectivity index is 1.54. The number of piperazine rings is 1. The van der Waals surface area contributed by atoms with Crippen molar-refractivity contribution >= 4 is 22.9 Å². The van der Waals surface area contributed by atoms with Gasteiger partial charge in [-0.15, -0.1) is 0 Å². The quantitative estimate of drug-likeness (QED) is 0.561. The molecule has 5 rings (SSSR count). The molecule has 1 saturated carbocycles. The number of hydrogen-bond acceptors (Lipinski definition) is 5. The fourth-order valence-corrected chi connectivity index (χ4v) is 5.33. The van der Waals surface area contributed by atoms with Gasteiger partial charge < -0.3 is 14.7 Å². The van der Waals surface area contributed by atoms with Gasteiger partial charge in [0.05, 0.1) is 16.8 Å². The molecular weight excluding hydrogens is 445 g/mol. The van der Waals surface area contributed by atoms with E-state index in [0.29, 0.717) is 32.1 Å². The number of amides is 2. The van der Waals surface area contributed by atoms with Crippen LogP contribution in [0.15, 0.2) is 24.3 Å². The number of nitrogens with zero attached hydrogens (tertiary/aromatic N) is 7. The Morgan fingerprint density at radius 1 is 1.03 bits per heavy atom. The van der Waals surface area contributed by atoms with Crippen LogP contribution in [-0.4, -0.2) is 75.9 Å². The van der Waals surface area contributed by atoms with Crippen LogP contribution in [0.5, 0.6) is 0 Å². The number of benzene rings is 1. The molecule has 0 radical (unpaired) electrons.